The minimum absolute atomic E-state index is 0.180. The molecular weight excluding hydrogens is 262 g/mol. The molecule has 0 amide bonds. The third kappa shape index (κ3) is 3.04. The molecule has 0 saturated carbocycles. The summed E-state index contributed by atoms with van der Waals surface area (Å²) >= 11 is 6.15. The Bertz CT molecular complexity index is 574. The van der Waals surface area contributed by atoms with Crippen LogP contribution in [0.15, 0.2) is 36.7 Å². The Balaban J connectivity index is 2.40. The zero-order valence-corrected chi connectivity index (χ0v) is 11.6. The third-order valence-electron chi connectivity index (χ3n) is 3.00. The lowest BCUT2D eigenvalue weighted by atomic mass is 9.99. The van der Waals surface area contributed by atoms with Gasteiger partial charge in [0.15, 0.2) is 0 Å². The number of nitrogens with two attached hydrogens (primary N) is 1. The molecule has 100 valence electrons. The van der Waals surface area contributed by atoms with Crippen molar-refractivity contribution in [1.29, 1.82) is 0 Å². The van der Waals surface area contributed by atoms with Crippen LogP contribution in [0.4, 0.5) is 0 Å². The van der Waals surface area contributed by atoms with Crippen LogP contribution in [0.2, 0.25) is 5.02 Å². The van der Waals surface area contributed by atoms with Gasteiger partial charge in [0.2, 0.25) is 0 Å². The molecule has 0 aliphatic carbocycles. The summed E-state index contributed by atoms with van der Waals surface area (Å²) in [5, 5.41) is 0.716. The van der Waals surface area contributed by atoms with Crippen LogP contribution >= 0.6 is 11.6 Å². The molecule has 2 aromatic rings. The molecule has 0 fully saturated rings. The molecule has 0 aliphatic rings. The summed E-state index contributed by atoms with van der Waals surface area (Å²) in [4.78, 5) is 4.14. The third-order valence-corrected chi connectivity index (χ3v) is 3.41. The Morgan fingerprint density at radius 1 is 1.26 bits per heavy atom. The number of nitrogens with zero attached hydrogens (tertiary/aromatic N) is 1. The van der Waals surface area contributed by atoms with Crippen LogP contribution in [0.5, 0.6) is 5.75 Å². The number of halogens is 1. The normalized spacial score (nSPS) is 12.2. The number of hydrazine groups is 1. The summed E-state index contributed by atoms with van der Waals surface area (Å²) < 4.78 is 5.17. The highest BCUT2D eigenvalue weighted by atomic mass is 35.5. The van der Waals surface area contributed by atoms with Crippen molar-refractivity contribution in [2.75, 3.05) is 7.11 Å². The Hall–Kier alpha value is -1.62. The van der Waals surface area contributed by atoms with Gasteiger partial charge in [0.05, 0.1) is 19.3 Å². The van der Waals surface area contributed by atoms with Crippen LogP contribution < -0.4 is 16.0 Å². The number of aryl methyl sites for hydroxylation is 1. The first kappa shape index (κ1) is 13.8. The zero-order valence-electron chi connectivity index (χ0n) is 10.9. The van der Waals surface area contributed by atoms with E-state index in [2.05, 4.69) is 10.4 Å². The molecule has 3 N–H and O–H groups in total. The van der Waals surface area contributed by atoms with E-state index >= 15 is 0 Å². The lowest BCUT2D eigenvalue weighted by Crippen LogP contribution is -2.29. The number of nitrogens with one attached hydrogen (secondary N) is 1. The number of hydrogen-bond acceptors (Lipinski definition) is 4. The lowest BCUT2D eigenvalue weighted by molar-refractivity contribution is 0.411. The number of aromatic nitrogens is 1. The van der Waals surface area contributed by atoms with Crippen LogP contribution in [0.25, 0.3) is 0 Å². The van der Waals surface area contributed by atoms with E-state index in [1.165, 1.54) is 0 Å². The van der Waals surface area contributed by atoms with Gasteiger partial charge < -0.3 is 4.74 Å². The SMILES string of the molecule is COc1cncc(C(NN)c2ccc(C)c(Cl)c2)c1. The van der Waals surface area contributed by atoms with E-state index in [4.69, 9.17) is 22.2 Å². The Kier molecular flexibility index (Phi) is 4.37. The van der Waals surface area contributed by atoms with Gasteiger partial charge in [0.1, 0.15) is 5.75 Å². The van der Waals surface area contributed by atoms with Gasteiger partial charge in [-0.3, -0.25) is 10.8 Å². The second-order valence-electron chi connectivity index (χ2n) is 4.27. The summed E-state index contributed by atoms with van der Waals surface area (Å²) in [6.45, 7) is 1.96. The van der Waals surface area contributed by atoms with Crippen molar-refractivity contribution in [3.8, 4) is 5.75 Å². The van der Waals surface area contributed by atoms with Gasteiger partial charge in [-0.05, 0) is 35.7 Å². The molecule has 0 aliphatic heterocycles. The van der Waals surface area contributed by atoms with E-state index in [-0.39, 0.29) is 6.04 Å². The first-order valence-electron chi connectivity index (χ1n) is 5.87. The number of pyridine rings is 1. The summed E-state index contributed by atoms with van der Waals surface area (Å²) in [7, 11) is 1.61. The first-order valence-corrected chi connectivity index (χ1v) is 6.24. The standard InChI is InChI=1S/C14H16ClN3O/c1-9-3-4-10(6-13(9)15)14(18-16)11-5-12(19-2)8-17-7-11/h3-8,14,18H,16H2,1-2H3. The lowest BCUT2D eigenvalue weighted by Gasteiger charge is -2.17. The van der Waals surface area contributed by atoms with Gasteiger partial charge in [-0.1, -0.05) is 23.7 Å². The molecule has 5 heteroatoms. The van der Waals surface area contributed by atoms with E-state index in [1.807, 2.05) is 31.2 Å². The maximum Gasteiger partial charge on any atom is 0.137 e. The van der Waals surface area contributed by atoms with Crippen LogP contribution in [-0.4, -0.2) is 12.1 Å². The van der Waals surface area contributed by atoms with Crippen molar-refractivity contribution in [3.63, 3.8) is 0 Å². The van der Waals surface area contributed by atoms with Crippen molar-refractivity contribution < 1.29 is 4.74 Å². The van der Waals surface area contributed by atoms with E-state index < -0.39 is 0 Å². The molecule has 19 heavy (non-hydrogen) atoms. The number of rotatable bonds is 4. The maximum absolute atomic E-state index is 6.15. The van der Waals surface area contributed by atoms with Gasteiger partial charge in [-0.15, -0.1) is 0 Å². The number of benzene rings is 1. The average molecular weight is 278 g/mol. The van der Waals surface area contributed by atoms with Crippen LogP contribution in [0.1, 0.15) is 22.7 Å². The Morgan fingerprint density at radius 3 is 2.68 bits per heavy atom. The Morgan fingerprint density at radius 2 is 2.05 bits per heavy atom. The fourth-order valence-corrected chi connectivity index (χ4v) is 2.07. The van der Waals surface area contributed by atoms with Crippen molar-refractivity contribution in [1.82, 2.24) is 10.4 Å². The molecule has 0 bridgehead atoms. The molecule has 1 atom stereocenters. The van der Waals surface area contributed by atoms with Gasteiger partial charge in [-0.25, -0.2) is 5.43 Å². The molecular formula is C14H16ClN3O. The molecule has 1 aromatic heterocycles. The van der Waals surface area contributed by atoms with E-state index in [1.54, 1.807) is 19.5 Å². The quantitative estimate of drug-likeness (QED) is 0.666. The van der Waals surface area contributed by atoms with Crippen LogP contribution in [0.3, 0.4) is 0 Å². The molecule has 4 nitrogen and oxygen atoms in total. The monoisotopic (exact) mass is 277 g/mol. The van der Waals surface area contributed by atoms with Crippen molar-refractivity contribution in [2.24, 2.45) is 5.84 Å². The van der Waals surface area contributed by atoms with Gasteiger partial charge >= 0.3 is 0 Å². The van der Waals surface area contributed by atoms with Gasteiger partial charge in [-0.2, -0.15) is 0 Å². The molecule has 0 spiro atoms. The average Bonchev–Trinajstić information content (AvgIpc) is 2.44. The predicted octanol–water partition coefficient (Wildman–Crippen LogP) is 2.60. The summed E-state index contributed by atoms with van der Waals surface area (Å²) in [5.41, 5.74) is 5.71. The molecule has 1 unspecified atom stereocenters. The highest BCUT2D eigenvalue weighted by molar-refractivity contribution is 6.31. The zero-order chi connectivity index (χ0) is 13.8. The number of methoxy groups -OCH3 is 1. The van der Waals surface area contributed by atoms with Crippen LogP contribution in [0, 0.1) is 6.92 Å². The molecule has 1 aromatic carbocycles. The summed E-state index contributed by atoms with van der Waals surface area (Å²) in [5.74, 6) is 6.35. The highest BCUT2D eigenvalue weighted by Gasteiger charge is 2.14. The largest absolute Gasteiger partial charge is 0.495 e. The maximum atomic E-state index is 6.15. The summed E-state index contributed by atoms with van der Waals surface area (Å²) in [6, 6.07) is 7.58. The highest BCUT2D eigenvalue weighted by Crippen LogP contribution is 2.27. The molecule has 0 saturated heterocycles. The second kappa shape index (κ2) is 6.02. The van der Waals surface area contributed by atoms with Crippen LogP contribution in [-0.2, 0) is 0 Å². The minimum Gasteiger partial charge on any atom is -0.495 e. The Labute approximate surface area is 117 Å². The predicted molar refractivity (Wildman–Crippen MR) is 76.1 cm³/mol. The molecule has 2 rings (SSSR count). The van der Waals surface area contributed by atoms with E-state index in [9.17, 15) is 0 Å². The van der Waals surface area contributed by atoms with Crippen molar-refractivity contribution in [3.05, 3.63) is 58.4 Å². The van der Waals surface area contributed by atoms with E-state index in [0.29, 0.717) is 10.8 Å². The topological polar surface area (TPSA) is 60.2 Å². The smallest absolute Gasteiger partial charge is 0.137 e. The molecule has 1 heterocycles. The molecule has 0 radical (unpaired) electrons. The first-order chi connectivity index (χ1) is 9.15. The fourth-order valence-electron chi connectivity index (χ4n) is 1.88. The van der Waals surface area contributed by atoms with Gasteiger partial charge in [0.25, 0.3) is 0 Å². The number of ether oxygens (including phenoxy) is 1. The van der Waals surface area contributed by atoms with E-state index in [0.717, 1.165) is 16.7 Å². The fraction of sp³-hybridized carbons (Fsp3) is 0.214. The minimum atomic E-state index is -0.180. The second-order valence-corrected chi connectivity index (χ2v) is 4.67. The van der Waals surface area contributed by atoms with Crippen molar-refractivity contribution >= 4 is 11.6 Å². The number of hydrogen-bond donors (Lipinski definition) is 2. The summed E-state index contributed by atoms with van der Waals surface area (Å²) in [6.07, 6.45) is 3.40. The van der Waals surface area contributed by atoms with Crippen molar-refractivity contribution in [2.45, 2.75) is 13.0 Å². The van der Waals surface area contributed by atoms with Gasteiger partial charge in [0, 0.05) is 11.2 Å².